The number of sulfonamides is 1. The van der Waals surface area contributed by atoms with E-state index >= 15 is 0 Å². The highest BCUT2D eigenvalue weighted by Gasteiger charge is 2.44. The highest BCUT2D eigenvalue weighted by Crippen LogP contribution is 2.38. The minimum atomic E-state index is -3.86. The maximum Gasteiger partial charge on any atom is 0.247 e. The van der Waals surface area contributed by atoms with Crippen LogP contribution in [0.5, 0.6) is 0 Å². The summed E-state index contributed by atoms with van der Waals surface area (Å²) in [4.78, 5) is 28.2. The molecule has 9 nitrogen and oxygen atoms in total. The first-order valence-electron chi connectivity index (χ1n) is 12.7. The highest BCUT2D eigenvalue weighted by atomic mass is 35.5. The van der Waals surface area contributed by atoms with Gasteiger partial charge in [-0.2, -0.15) is 0 Å². The summed E-state index contributed by atoms with van der Waals surface area (Å²) in [7, 11) is -3.86. The maximum atomic E-state index is 13.8. The van der Waals surface area contributed by atoms with Gasteiger partial charge in [0.05, 0.1) is 29.2 Å². The Bertz CT molecular complexity index is 1320. The molecular weight excluding hydrogens is 575 g/mol. The molecule has 0 saturated carbocycles. The number of nitrogens with zero attached hydrogens (tertiary/aromatic N) is 1. The standard InChI is InChI=1S/C28H37ClN4O5S.ClH/c1-6-33(16-22-24(20-12-14-21(29)15-13-20)39(36,37)32-28(22,4)5)25(34)23(31-26(35)27(2,3)30)18-38-17-19-10-8-7-9-11-19;/h7-15,23,32H,6,16-18,30H2,1-5H3,(H,31,35);1H/t23-;/m1./s1. The molecule has 0 spiro atoms. The summed E-state index contributed by atoms with van der Waals surface area (Å²) in [6.07, 6.45) is 0. The Morgan fingerprint density at radius 3 is 2.27 bits per heavy atom. The van der Waals surface area contributed by atoms with Crippen molar-refractivity contribution in [2.24, 2.45) is 5.73 Å². The first-order valence-corrected chi connectivity index (χ1v) is 14.6. The smallest absolute Gasteiger partial charge is 0.247 e. The lowest BCUT2D eigenvalue weighted by Crippen LogP contribution is -2.58. The lowest BCUT2D eigenvalue weighted by molar-refractivity contribution is -0.139. The predicted molar refractivity (Wildman–Crippen MR) is 160 cm³/mol. The third kappa shape index (κ3) is 8.28. The van der Waals surface area contributed by atoms with E-state index in [0.717, 1.165) is 5.56 Å². The third-order valence-electron chi connectivity index (χ3n) is 6.42. The van der Waals surface area contributed by atoms with E-state index in [4.69, 9.17) is 22.1 Å². The molecule has 40 heavy (non-hydrogen) atoms. The van der Waals surface area contributed by atoms with E-state index in [0.29, 0.717) is 16.2 Å². The molecule has 0 saturated heterocycles. The van der Waals surface area contributed by atoms with Gasteiger partial charge in [-0.05, 0) is 63.5 Å². The summed E-state index contributed by atoms with van der Waals surface area (Å²) in [5, 5.41) is 3.20. The maximum absolute atomic E-state index is 13.8. The highest BCUT2D eigenvalue weighted by molar-refractivity contribution is 7.99. The Hall–Kier alpha value is -2.47. The topological polar surface area (TPSA) is 131 Å². The number of halogens is 2. The predicted octanol–water partition coefficient (Wildman–Crippen LogP) is 3.47. The lowest BCUT2D eigenvalue weighted by Gasteiger charge is -2.32. The van der Waals surface area contributed by atoms with E-state index in [9.17, 15) is 18.0 Å². The van der Waals surface area contributed by atoms with Crippen molar-refractivity contribution in [3.63, 3.8) is 0 Å². The molecule has 1 heterocycles. The van der Waals surface area contributed by atoms with Crippen molar-refractivity contribution in [1.29, 1.82) is 0 Å². The molecular formula is C28H38Cl2N4O5S. The van der Waals surface area contributed by atoms with Gasteiger partial charge in [0.2, 0.25) is 21.8 Å². The fourth-order valence-electron chi connectivity index (χ4n) is 4.24. The minimum absolute atomic E-state index is 0. The average molecular weight is 614 g/mol. The van der Waals surface area contributed by atoms with Gasteiger partial charge >= 0.3 is 0 Å². The molecule has 0 unspecified atom stereocenters. The Labute approximate surface area is 247 Å². The summed E-state index contributed by atoms with van der Waals surface area (Å²) in [5.74, 6) is -0.919. The lowest BCUT2D eigenvalue weighted by atomic mass is 9.92. The number of amides is 2. The molecule has 1 atom stereocenters. The van der Waals surface area contributed by atoms with Crippen molar-refractivity contribution < 1.29 is 22.7 Å². The van der Waals surface area contributed by atoms with Crippen LogP contribution in [-0.4, -0.2) is 61.9 Å². The van der Waals surface area contributed by atoms with Gasteiger partial charge in [-0.1, -0.05) is 54.1 Å². The van der Waals surface area contributed by atoms with E-state index in [-0.39, 0.29) is 43.6 Å². The fourth-order valence-corrected chi connectivity index (χ4v) is 6.35. The first kappa shape index (κ1) is 33.7. The van der Waals surface area contributed by atoms with Crippen LogP contribution in [0.2, 0.25) is 5.02 Å². The van der Waals surface area contributed by atoms with E-state index in [2.05, 4.69) is 10.0 Å². The van der Waals surface area contributed by atoms with Crippen LogP contribution in [0.25, 0.3) is 4.91 Å². The summed E-state index contributed by atoms with van der Waals surface area (Å²) in [5.41, 5.74) is 5.72. The van der Waals surface area contributed by atoms with E-state index in [1.54, 1.807) is 58.9 Å². The second kappa shape index (κ2) is 13.5. The molecule has 0 aliphatic carbocycles. The summed E-state index contributed by atoms with van der Waals surface area (Å²) in [6, 6.07) is 15.0. The van der Waals surface area contributed by atoms with Crippen LogP contribution in [0.3, 0.4) is 0 Å². The Balaban J connectivity index is 0.00000560. The van der Waals surface area contributed by atoms with Crippen molar-refractivity contribution in [3.8, 4) is 0 Å². The Kier molecular flexibility index (Phi) is 11.4. The van der Waals surface area contributed by atoms with Crippen molar-refractivity contribution >= 4 is 50.8 Å². The summed E-state index contributed by atoms with van der Waals surface area (Å²) >= 11 is 6.03. The van der Waals surface area contributed by atoms with Gasteiger partial charge in [0.15, 0.2) is 0 Å². The molecule has 0 bridgehead atoms. The zero-order valence-corrected chi connectivity index (χ0v) is 25.8. The van der Waals surface area contributed by atoms with Gasteiger partial charge in [-0.25, -0.2) is 13.1 Å². The zero-order chi connectivity index (χ0) is 29.0. The van der Waals surface area contributed by atoms with Crippen molar-refractivity contribution in [2.45, 2.75) is 58.3 Å². The van der Waals surface area contributed by atoms with Crippen molar-refractivity contribution in [3.05, 3.63) is 76.3 Å². The number of carbonyl (C=O) groups is 2. The van der Waals surface area contributed by atoms with Crippen LogP contribution in [0.4, 0.5) is 0 Å². The average Bonchev–Trinajstić information content (AvgIpc) is 3.04. The molecule has 2 aromatic rings. The second-order valence-corrected chi connectivity index (χ2v) is 12.7. The first-order chi connectivity index (χ1) is 18.2. The van der Waals surface area contributed by atoms with E-state index in [1.165, 1.54) is 4.90 Å². The van der Waals surface area contributed by atoms with Gasteiger partial charge in [-0.15, -0.1) is 12.4 Å². The number of rotatable bonds is 11. The van der Waals surface area contributed by atoms with Crippen molar-refractivity contribution in [2.75, 3.05) is 19.7 Å². The van der Waals surface area contributed by atoms with Gasteiger partial charge in [0.1, 0.15) is 6.04 Å². The van der Waals surface area contributed by atoms with Crippen LogP contribution < -0.4 is 15.8 Å². The van der Waals surface area contributed by atoms with Gasteiger partial charge in [0.25, 0.3) is 0 Å². The molecule has 1 aliphatic heterocycles. The van der Waals surface area contributed by atoms with Crippen LogP contribution >= 0.6 is 24.0 Å². The van der Waals surface area contributed by atoms with Crippen molar-refractivity contribution in [1.82, 2.24) is 14.9 Å². The molecule has 3 rings (SSSR count). The Morgan fingerprint density at radius 1 is 1.12 bits per heavy atom. The van der Waals surface area contributed by atoms with Crippen LogP contribution in [0.1, 0.15) is 45.7 Å². The minimum Gasteiger partial charge on any atom is -0.374 e. The van der Waals surface area contributed by atoms with E-state index in [1.807, 2.05) is 30.3 Å². The molecule has 4 N–H and O–H groups in total. The van der Waals surface area contributed by atoms with E-state index < -0.39 is 39.0 Å². The number of nitrogens with two attached hydrogens (primary N) is 1. The molecule has 12 heteroatoms. The SMILES string of the molecule is CCN(CC1=C(c2ccc(Cl)cc2)S(=O)(=O)NC1(C)C)C(=O)[C@@H](COCc1ccccc1)NC(=O)C(C)(C)N.Cl. The fraction of sp³-hybridized carbons (Fsp3) is 0.429. The normalized spacial score (nSPS) is 16.7. The number of nitrogens with one attached hydrogen (secondary N) is 2. The molecule has 2 amide bonds. The number of carbonyl (C=O) groups excluding carboxylic acids is 2. The largest absolute Gasteiger partial charge is 0.374 e. The number of benzene rings is 2. The van der Waals surface area contributed by atoms with Crippen LogP contribution in [-0.2, 0) is 31.0 Å². The molecule has 1 aliphatic rings. The molecule has 220 valence electrons. The molecule has 0 aromatic heterocycles. The third-order valence-corrected chi connectivity index (χ3v) is 8.47. The summed E-state index contributed by atoms with van der Waals surface area (Å²) in [6.45, 7) is 8.84. The van der Waals surface area contributed by atoms with Gasteiger partial charge < -0.3 is 20.7 Å². The van der Waals surface area contributed by atoms with Gasteiger partial charge in [-0.3, -0.25) is 9.59 Å². The quantitative estimate of drug-likeness (QED) is 0.356. The molecule has 0 radical (unpaired) electrons. The molecule has 0 fully saturated rings. The number of ether oxygens (including phenoxy) is 1. The van der Waals surface area contributed by atoms with Crippen LogP contribution in [0, 0.1) is 0 Å². The number of hydrogen-bond donors (Lipinski definition) is 3. The summed E-state index contributed by atoms with van der Waals surface area (Å²) < 4.78 is 34.9. The number of hydrogen-bond acceptors (Lipinski definition) is 6. The second-order valence-electron chi connectivity index (χ2n) is 10.6. The number of likely N-dealkylation sites (N-methyl/N-ethyl adjacent to an activating group) is 1. The van der Waals surface area contributed by atoms with Gasteiger partial charge in [0, 0.05) is 18.1 Å². The zero-order valence-electron chi connectivity index (χ0n) is 23.4. The van der Waals surface area contributed by atoms with Crippen LogP contribution in [0.15, 0.2) is 60.2 Å². The Morgan fingerprint density at radius 2 is 1.73 bits per heavy atom. The molecule has 2 aromatic carbocycles. The monoisotopic (exact) mass is 612 g/mol.